The van der Waals surface area contributed by atoms with Gasteiger partial charge in [-0.25, -0.2) is 4.79 Å². The van der Waals surface area contributed by atoms with Gasteiger partial charge in [0.05, 0.1) is 24.3 Å². The Morgan fingerprint density at radius 2 is 1.79 bits per heavy atom. The second-order valence-electron chi connectivity index (χ2n) is 7.27. The second kappa shape index (κ2) is 8.12. The molecule has 0 unspecified atom stereocenters. The van der Waals surface area contributed by atoms with Crippen molar-refractivity contribution in [3.63, 3.8) is 0 Å². The number of aliphatic hydroxyl groups excluding tert-OH is 1. The number of aliphatic hydroxyl groups is 1. The number of carbonyl (C=O) groups excluding carboxylic acids is 2. The minimum Gasteiger partial charge on any atom is -0.465 e. The van der Waals surface area contributed by atoms with Gasteiger partial charge in [0.25, 0.3) is 5.91 Å². The van der Waals surface area contributed by atoms with E-state index in [1.807, 2.05) is 49.3 Å². The Bertz CT molecular complexity index is 853. The molecular weight excluding hydrogens is 356 g/mol. The van der Waals surface area contributed by atoms with Gasteiger partial charge in [0.15, 0.2) is 0 Å². The van der Waals surface area contributed by atoms with Crippen LogP contribution in [-0.4, -0.2) is 67.2 Å². The highest BCUT2D eigenvalue weighted by Crippen LogP contribution is 2.37. The van der Waals surface area contributed by atoms with Crippen molar-refractivity contribution in [3.8, 4) is 0 Å². The number of piperidine rings is 1. The van der Waals surface area contributed by atoms with E-state index in [1.165, 1.54) is 13.2 Å². The number of benzene rings is 2. The Kier molecular flexibility index (Phi) is 5.82. The van der Waals surface area contributed by atoms with Crippen molar-refractivity contribution in [1.82, 2.24) is 9.80 Å². The molecule has 0 spiro atoms. The van der Waals surface area contributed by atoms with Crippen LogP contribution < -0.4 is 0 Å². The molecule has 28 heavy (non-hydrogen) atoms. The molecular formula is C22H26N2O4. The van der Waals surface area contributed by atoms with Crippen molar-refractivity contribution < 1.29 is 19.4 Å². The number of hydrogen-bond acceptors (Lipinski definition) is 5. The zero-order valence-corrected chi connectivity index (χ0v) is 16.5. The SMILES string of the molecule is COC(=O)c1cccc(C(=O)N2CC[C@@](c3ccccc3)(N(C)C)[C@H](O)C2)c1. The summed E-state index contributed by atoms with van der Waals surface area (Å²) in [4.78, 5) is 28.4. The lowest BCUT2D eigenvalue weighted by atomic mass is 9.77. The summed E-state index contributed by atoms with van der Waals surface area (Å²) in [5, 5.41) is 11.1. The maximum absolute atomic E-state index is 13.0. The lowest BCUT2D eigenvalue weighted by Crippen LogP contribution is -2.60. The van der Waals surface area contributed by atoms with Crippen LogP contribution in [0.4, 0.5) is 0 Å². The van der Waals surface area contributed by atoms with Crippen LogP contribution >= 0.6 is 0 Å². The highest BCUT2D eigenvalue weighted by atomic mass is 16.5. The molecule has 148 valence electrons. The first kappa shape index (κ1) is 20.0. The number of likely N-dealkylation sites (N-methyl/N-ethyl adjacent to an activating group) is 1. The average Bonchev–Trinajstić information content (AvgIpc) is 2.73. The molecule has 1 aliphatic heterocycles. The lowest BCUT2D eigenvalue weighted by molar-refractivity contribution is -0.0612. The zero-order valence-electron chi connectivity index (χ0n) is 16.5. The molecule has 6 nitrogen and oxygen atoms in total. The third-order valence-corrected chi connectivity index (χ3v) is 5.60. The maximum Gasteiger partial charge on any atom is 0.337 e. The minimum absolute atomic E-state index is 0.203. The minimum atomic E-state index is -0.744. The normalized spacial score (nSPS) is 22.2. The van der Waals surface area contributed by atoms with Gasteiger partial charge in [-0.05, 0) is 44.3 Å². The van der Waals surface area contributed by atoms with Gasteiger partial charge < -0.3 is 14.7 Å². The molecule has 0 bridgehead atoms. The molecule has 6 heteroatoms. The summed E-state index contributed by atoms with van der Waals surface area (Å²) in [6.07, 6.45) is -0.139. The van der Waals surface area contributed by atoms with Gasteiger partial charge in [0.2, 0.25) is 0 Å². The van der Waals surface area contributed by atoms with Crippen LogP contribution in [0.3, 0.4) is 0 Å². The van der Waals surface area contributed by atoms with Crippen LogP contribution in [0.15, 0.2) is 54.6 Å². The third kappa shape index (κ3) is 3.53. The molecule has 1 fully saturated rings. The fourth-order valence-corrected chi connectivity index (χ4v) is 4.03. The summed E-state index contributed by atoms with van der Waals surface area (Å²) < 4.78 is 4.73. The number of nitrogens with zero attached hydrogens (tertiary/aromatic N) is 2. The highest BCUT2D eigenvalue weighted by Gasteiger charge is 2.46. The Balaban J connectivity index is 1.83. The number of β-amino-alcohol motifs (C(OH)–C–C–N with tert-alkyl or cyclic N) is 1. The molecule has 0 saturated carbocycles. The molecule has 0 aromatic heterocycles. The van der Waals surface area contributed by atoms with Crippen LogP contribution in [-0.2, 0) is 10.3 Å². The van der Waals surface area contributed by atoms with E-state index >= 15 is 0 Å². The highest BCUT2D eigenvalue weighted by molar-refractivity contribution is 5.98. The van der Waals surface area contributed by atoms with E-state index in [2.05, 4.69) is 0 Å². The second-order valence-corrected chi connectivity index (χ2v) is 7.27. The summed E-state index contributed by atoms with van der Waals surface area (Å²) in [5.41, 5.74) is 1.23. The molecule has 2 aromatic carbocycles. The van der Waals surface area contributed by atoms with Crippen molar-refractivity contribution >= 4 is 11.9 Å². The summed E-state index contributed by atoms with van der Waals surface area (Å²) in [6.45, 7) is 0.722. The summed E-state index contributed by atoms with van der Waals surface area (Å²) in [5.74, 6) is -0.686. The van der Waals surface area contributed by atoms with Crippen LogP contribution in [0.2, 0.25) is 0 Å². The van der Waals surface area contributed by atoms with Crippen molar-refractivity contribution in [2.45, 2.75) is 18.1 Å². The number of rotatable bonds is 4. The number of hydrogen-bond donors (Lipinski definition) is 1. The molecule has 0 aliphatic carbocycles. The molecule has 1 heterocycles. The maximum atomic E-state index is 13.0. The van der Waals surface area contributed by atoms with Gasteiger partial charge in [-0.15, -0.1) is 0 Å². The Hall–Kier alpha value is -2.70. The molecule has 1 amide bonds. The van der Waals surface area contributed by atoms with Crippen molar-refractivity contribution in [2.75, 3.05) is 34.3 Å². The van der Waals surface area contributed by atoms with Crippen LogP contribution in [0, 0.1) is 0 Å². The van der Waals surface area contributed by atoms with Crippen molar-refractivity contribution in [1.29, 1.82) is 0 Å². The van der Waals surface area contributed by atoms with Crippen molar-refractivity contribution in [3.05, 3.63) is 71.3 Å². The van der Waals surface area contributed by atoms with E-state index < -0.39 is 17.6 Å². The lowest BCUT2D eigenvalue weighted by Gasteiger charge is -2.49. The number of methoxy groups -OCH3 is 1. The van der Waals surface area contributed by atoms with E-state index in [9.17, 15) is 14.7 Å². The van der Waals surface area contributed by atoms with Gasteiger partial charge in [-0.3, -0.25) is 9.69 Å². The topological polar surface area (TPSA) is 70.1 Å². The summed E-state index contributed by atoms with van der Waals surface area (Å²) in [6, 6.07) is 16.4. The number of likely N-dealkylation sites (tertiary alicyclic amines) is 1. The standard InChI is InChI=1S/C22H26N2O4/c1-23(2)22(18-10-5-4-6-11-18)12-13-24(15-19(22)25)20(26)16-8-7-9-17(14-16)21(27)28-3/h4-11,14,19,25H,12-13,15H2,1-3H3/t19-,22+/m1/s1. The first-order valence-electron chi connectivity index (χ1n) is 9.29. The average molecular weight is 382 g/mol. The Morgan fingerprint density at radius 3 is 2.39 bits per heavy atom. The first-order valence-corrected chi connectivity index (χ1v) is 9.29. The van der Waals surface area contributed by atoms with Gasteiger partial charge in [-0.1, -0.05) is 36.4 Å². The number of carbonyl (C=O) groups is 2. The van der Waals surface area contributed by atoms with Gasteiger partial charge in [-0.2, -0.15) is 0 Å². The van der Waals surface area contributed by atoms with E-state index in [-0.39, 0.29) is 12.5 Å². The monoisotopic (exact) mass is 382 g/mol. The van der Waals surface area contributed by atoms with Gasteiger partial charge >= 0.3 is 5.97 Å². The fraction of sp³-hybridized carbons (Fsp3) is 0.364. The van der Waals surface area contributed by atoms with Crippen molar-refractivity contribution in [2.24, 2.45) is 0 Å². The van der Waals surface area contributed by atoms with Gasteiger partial charge in [0.1, 0.15) is 0 Å². The number of esters is 1. The number of ether oxygens (including phenoxy) is 1. The largest absolute Gasteiger partial charge is 0.465 e. The molecule has 1 N–H and O–H groups in total. The third-order valence-electron chi connectivity index (χ3n) is 5.60. The molecule has 0 radical (unpaired) electrons. The molecule has 1 aliphatic rings. The zero-order chi connectivity index (χ0) is 20.3. The quantitative estimate of drug-likeness (QED) is 0.821. The Labute approximate surface area is 165 Å². The van der Waals surface area contributed by atoms with Crippen LogP contribution in [0.1, 0.15) is 32.7 Å². The summed E-state index contributed by atoms with van der Waals surface area (Å²) >= 11 is 0. The molecule has 3 rings (SSSR count). The fourth-order valence-electron chi connectivity index (χ4n) is 4.03. The molecule has 2 atom stereocenters. The van der Waals surface area contributed by atoms with Crippen LogP contribution in [0.5, 0.6) is 0 Å². The molecule has 2 aromatic rings. The smallest absolute Gasteiger partial charge is 0.337 e. The Morgan fingerprint density at radius 1 is 1.11 bits per heavy atom. The van der Waals surface area contributed by atoms with E-state index in [4.69, 9.17) is 4.74 Å². The predicted octanol–water partition coefficient (Wildman–Crippen LogP) is 2.14. The van der Waals surface area contributed by atoms with E-state index in [0.717, 1.165) is 5.56 Å². The van der Waals surface area contributed by atoms with Crippen LogP contribution in [0.25, 0.3) is 0 Å². The predicted molar refractivity (Wildman–Crippen MR) is 106 cm³/mol. The number of amides is 1. The van der Waals surface area contributed by atoms with E-state index in [1.54, 1.807) is 23.1 Å². The van der Waals surface area contributed by atoms with E-state index in [0.29, 0.717) is 24.1 Å². The first-order chi connectivity index (χ1) is 13.4. The summed E-state index contributed by atoms with van der Waals surface area (Å²) in [7, 11) is 5.21. The molecule has 1 saturated heterocycles. The van der Waals surface area contributed by atoms with Gasteiger partial charge in [0, 0.05) is 18.7 Å².